The minimum absolute atomic E-state index is 0.0848. The Morgan fingerprint density at radius 2 is 1.92 bits per heavy atom. The lowest BCUT2D eigenvalue weighted by Crippen LogP contribution is -2.41. The van der Waals surface area contributed by atoms with E-state index in [1.54, 1.807) is 0 Å². The molecule has 0 bridgehead atoms. The van der Waals surface area contributed by atoms with E-state index in [-0.39, 0.29) is 5.91 Å². The molecule has 3 heterocycles. The van der Waals surface area contributed by atoms with Crippen LogP contribution in [-0.4, -0.2) is 59.8 Å². The van der Waals surface area contributed by atoms with E-state index in [2.05, 4.69) is 14.8 Å². The van der Waals surface area contributed by atoms with Gasteiger partial charge in [-0.05, 0) is 36.8 Å². The number of amides is 1. The zero-order chi connectivity index (χ0) is 25.8. The molecule has 0 saturated carbocycles. The van der Waals surface area contributed by atoms with Crippen LogP contribution in [0.3, 0.4) is 0 Å². The van der Waals surface area contributed by atoms with E-state index in [1.165, 1.54) is 11.3 Å². The van der Waals surface area contributed by atoms with E-state index < -0.39 is 0 Å². The molecule has 6 nitrogen and oxygen atoms in total. The Morgan fingerprint density at radius 3 is 2.70 bits per heavy atom. The summed E-state index contributed by atoms with van der Waals surface area (Å²) in [5.41, 5.74) is 5.15. The number of rotatable bonds is 8. The molecule has 1 saturated heterocycles. The first-order valence-corrected chi connectivity index (χ1v) is 13.9. The summed E-state index contributed by atoms with van der Waals surface area (Å²) < 4.78 is 7.54. The van der Waals surface area contributed by atoms with Crippen LogP contribution in [0.4, 0.5) is 0 Å². The molecule has 5 rings (SSSR count). The molecule has 4 aromatic rings. The van der Waals surface area contributed by atoms with Crippen LogP contribution in [0.25, 0.3) is 22.0 Å². The van der Waals surface area contributed by atoms with Crippen LogP contribution in [0.5, 0.6) is 0 Å². The molecular weight excluding hydrogens is 527 g/mol. The largest absolute Gasteiger partial charge is 0.379 e. The minimum atomic E-state index is -0.0848. The molecule has 1 aliphatic rings. The first-order valence-electron chi connectivity index (χ1n) is 12.2. The van der Waals surface area contributed by atoms with Gasteiger partial charge in [-0.2, -0.15) is 0 Å². The van der Waals surface area contributed by atoms with Crippen molar-refractivity contribution in [3.05, 3.63) is 86.8 Å². The van der Waals surface area contributed by atoms with Gasteiger partial charge >= 0.3 is 0 Å². The average Bonchev–Trinajstić information content (AvgIpc) is 3.50. The second-order valence-corrected chi connectivity index (χ2v) is 10.7. The number of thiazole rings is 1. The second kappa shape index (κ2) is 11.8. The Bertz CT molecular complexity index is 1390. The highest BCUT2D eigenvalue weighted by atomic mass is 35.5. The van der Waals surface area contributed by atoms with Gasteiger partial charge in [-0.25, -0.2) is 4.98 Å². The van der Waals surface area contributed by atoms with E-state index in [0.717, 1.165) is 66.1 Å². The Labute approximate surface area is 230 Å². The second-order valence-electron chi connectivity index (χ2n) is 8.97. The Kier molecular flexibility index (Phi) is 8.27. The van der Waals surface area contributed by atoms with Crippen LogP contribution in [-0.2, 0) is 11.3 Å². The summed E-state index contributed by atoms with van der Waals surface area (Å²) in [4.78, 5) is 20.5. The first-order chi connectivity index (χ1) is 18.0. The molecule has 37 heavy (non-hydrogen) atoms. The van der Waals surface area contributed by atoms with Crippen LogP contribution in [0.15, 0.2) is 60.0 Å². The fourth-order valence-corrected chi connectivity index (χ4v) is 5.85. The van der Waals surface area contributed by atoms with Gasteiger partial charge in [-0.3, -0.25) is 9.69 Å². The number of aromatic nitrogens is 2. The molecule has 0 atom stereocenters. The molecule has 9 heteroatoms. The number of carbonyl (C=O) groups excluding carboxylic acids is 1. The number of nitrogens with zero attached hydrogens (tertiary/aromatic N) is 3. The lowest BCUT2D eigenvalue weighted by atomic mass is 10.2. The quantitative estimate of drug-likeness (QED) is 0.290. The number of carbonyl (C=O) groups is 1. The van der Waals surface area contributed by atoms with Gasteiger partial charge in [0.1, 0.15) is 5.01 Å². The van der Waals surface area contributed by atoms with Gasteiger partial charge in [0.15, 0.2) is 0 Å². The Hall–Kier alpha value is -2.68. The van der Waals surface area contributed by atoms with Crippen LogP contribution in [0, 0.1) is 6.92 Å². The molecule has 0 radical (unpaired) electrons. The summed E-state index contributed by atoms with van der Waals surface area (Å²) in [6.45, 7) is 7.21. The summed E-state index contributed by atoms with van der Waals surface area (Å²) >= 11 is 14.2. The SMILES string of the molecule is Cc1c(C(=O)NCCN2CCOCC2)cc(-c2csc(-c3ccccc3Cl)n2)n1Cc1cccc(Cl)c1. The zero-order valence-corrected chi connectivity index (χ0v) is 22.9. The van der Waals surface area contributed by atoms with Crippen molar-refractivity contribution in [3.63, 3.8) is 0 Å². The van der Waals surface area contributed by atoms with Gasteiger partial charge in [-0.1, -0.05) is 53.5 Å². The number of morpholine rings is 1. The number of hydrogen-bond acceptors (Lipinski definition) is 5. The predicted octanol–water partition coefficient (Wildman–Crippen LogP) is 6.00. The first kappa shape index (κ1) is 25.9. The number of nitrogens with one attached hydrogen (secondary N) is 1. The molecule has 192 valence electrons. The highest BCUT2D eigenvalue weighted by Gasteiger charge is 2.21. The third-order valence-electron chi connectivity index (χ3n) is 6.53. The van der Waals surface area contributed by atoms with Gasteiger partial charge < -0.3 is 14.6 Å². The molecule has 2 aromatic heterocycles. The molecule has 0 unspecified atom stereocenters. The number of benzene rings is 2. The molecule has 1 N–H and O–H groups in total. The van der Waals surface area contributed by atoms with Crippen molar-refractivity contribution in [2.24, 2.45) is 0 Å². The summed E-state index contributed by atoms with van der Waals surface area (Å²) in [5, 5.41) is 7.30. The molecule has 1 fully saturated rings. The molecule has 0 spiro atoms. The molecule has 0 aliphatic carbocycles. The van der Waals surface area contributed by atoms with Crippen LogP contribution in [0.1, 0.15) is 21.6 Å². The summed E-state index contributed by atoms with van der Waals surface area (Å²) in [6.07, 6.45) is 0. The summed E-state index contributed by atoms with van der Waals surface area (Å²) in [6, 6.07) is 17.4. The average molecular weight is 556 g/mol. The summed E-state index contributed by atoms with van der Waals surface area (Å²) in [5.74, 6) is -0.0848. The number of hydrogen-bond donors (Lipinski definition) is 1. The molecule has 1 amide bonds. The van der Waals surface area contributed by atoms with Crippen molar-refractivity contribution in [2.75, 3.05) is 39.4 Å². The molecule has 1 aliphatic heterocycles. The maximum Gasteiger partial charge on any atom is 0.253 e. The van der Waals surface area contributed by atoms with Crippen molar-refractivity contribution in [3.8, 4) is 22.0 Å². The van der Waals surface area contributed by atoms with Crippen molar-refractivity contribution in [2.45, 2.75) is 13.5 Å². The monoisotopic (exact) mass is 554 g/mol. The van der Waals surface area contributed by atoms with E-state index in [1.807, 2.05) is 66.9 Å². The smallest absolute Gasteiger partial charge is 0.253 e. The van der Waals surface area contributed by atoms with Crippen LogP contribution in [0.2, 0.25) is 10.0 Å². The fourth-order valence-electron chi connectivity index (χ4n) is 4.51. The minimum Gasteiger partial charge on any atom is -0.379 e. The van der Waals surface area contributed by atoms with E-state index >= 15 is 0 Å². The predicted molar refractivity (Wildman–Crippen MR) is 151 cm³/mol. The van der Waals surface area contributed by atoms with Gasteiger partial charge in [0, 0.05) is 54.4 Å². The topological polar surface area (TPSA) is 59.4 Å². The number of ether oxygens (including phenoxy) is 1. The van der Waals surface area contributed by atoms with Crippen molar-refractivity contribution < 1.29 is 9.53 Å². The lowest BCUT2D eigenvalue weighted by Gasteiger charge is -2.26. The highest BCUT2D eigenvalue weighted by molar-refractivity contribution is 7.13. The standard InChI is InChI=1S/C28H28Cl2N4O2S/c1-19-23(27(35)31-9-10-33-11-13-36-14-12-33)16-26(34(19)17-20-5-4-6-21(29)15-20)25-18-37-28(32-25)22-7-2-3-8-24(22)30/h2-8,15-16,18H,9-14,17H2,1H3,(H,31,35). The third-order valence-corrected chi connectivity index (χ3v) is 7.97. The van der Waals surface area contributed by atoms with Crippen molar-refractivity contribution in [1.29, 1.82) is 0 Å². The lowest BCUT2D eigenvalue weighted by molar-refractivity contribution is 0.0383. The Morgan fingerprint density at radius 1 is 1.11 bits per heavy atom. The zero-order valence-electron chi connectivity index (χ0n) is 20.5. The van der Waals surface area contributed by atoms with E-state index in [9.17, 15) is 4.79 Å². The summed E-state index contributed by atoms with van der Waals surface area (Å²) in [7, 11) is 0. The molecular formula is C28H28Cl2N4O2S. The van der Waals surface area contributed by atoms with Gasteiger partial charge in [0.05, 0.1) is 35.2 Å². The molecule has 2 aromatic carbocycles. The Balaban J connectivity index is 1.44. The third kappa shape index (κ3) is 6.08. The number of halogens is 2. The van der Waals surface area contributed by atoms with Crippen LogP contribution >= 0.6 is 34.5 Å². The maximum atomic E-state index is 13.3. The fraction of sp³-hybridized carbons (Fsp3) is 0.286. The van der Waals surface area contributed by atoms with E-state index in [0.29, 0.717) is 28.7 Å². The van der Waals surface area contributed by atoms with Gasteiger partial charge in [-0.15, -0.1) is 11.3 Å². The van der Waals surface area contributed by atoms with E-state index in [4.69, 9.17) is 32.9 Å². The van der Waals surface area contributed by atoms with Crippen LogP contribution < -0.4 is 5.32 Å². The van der Waals surface area contributed by atoms with Gasteiger partial charge in [0.2, 0.25) is 0 Å². The normalized spacial score (nSPS) is 14.1. The maximum absolute atomic E-state index is 13.3. The van der Waals surface area contributed by atoms with Gasteiger partial charge in [0.25, 0.3) is 5.91 Å². The van der Waals surface area contributed by atoms with Crippen molar-refractivity contribution >= 4 is 40.4 Å². The van der Waals surface area contributed by atoms with Crippen molar-refractivity contribution in [1.82, 2.24) is 19.8 Å². The highest BCUT2D eigenvalue weighted by Crippen LogP contribution is 2.35.